The molecule has 0 aliphatic carbocycles. The van der Waals surface area contributed by atoms with E-state index in [0.29, 0.717) is 30.8 Å². The van der Waals surface area contributed by atoms with E-state index in [1.807, 2.05) is 0 Å². The van der Waals surface area contributed by atoms with Gasteiger partial charge in [0, 0.05) is 42.5 Å². The summed E-state index contributed by atoms with van der Waals surface area (Å²) in [5.74, 6) is 0.0339. The van der Waals surface area contributed by atoms with Gasteiger partial charge in [0.1, 0.15) is 0 Å². The van der Waals surface area contributed by atoms with Gasteiger partial charge in [-0.25, -0.2) is 0 Å². The molecule has 1 atom stereocenters. The summed E-state index contributed by atoms with van der Waals surface area (Å²) in [7, 11) is 0. The average Bonchev–Trinajstić information content (AvgIpc) is 2.31. The molecule has 0 aromatic heterocycles. The monoisotopic (exact) mass is 250 g/mol. The number of benzene rings is 1. The van der Waals surface area contributed by atoms with Crippen molar-refractivity contribution >= 4 is 23.0 Å². The molecule has 1 saturated heterocycles. The molecule has 4 N–H and O–H groups in total. The van der Waals surface area contributed by atoms with Crippen molar-refractivity contribution in [2.75, 3.05) is 17.6 Å². The minimum Gasteiger partial charge on any atom is -0.398 e. The molecule has 2 rings (SSSR count). The second-order valence-electron chi connectivity index (χ2n) is 4.25. The number of nitrogens with zero attached hydrogens (tertiary/aromatic N) is 1. The number of nitro groups is 1. The Hall–Kier alpha value is -2.31. The molecule has 1 heterocycles. The first-order valence-corrected chi connectivity index (χ1v) is 5.63. The quantitative estimate of drug-likeness (QED) is 0.419. The normalized spacial score (nSPS) is 19.1. The number of amides is 1. The number of carbonyl (C=O) groups excluding carboxylic acids is 1. The highest BCUT2D eigenvalue weighted by Gasteiger charge is 2.18. The molecule has 0 radical (unpaired) electrons. The van der Waals surface area contributed by atoms with Crippen LogP contribution < -0.4 is 16.4 Å². The maximum atomic E-state index is 11.0. The number of nitrogen functional groups attached to an aromatic ring is 1. The molecule has 1 unspecified atom stereocenters. The summed E-state index contributed by atoms with van der Waals surface area (Å²) in [6.45, 7) is 0.515. The highest BCUT2D eigenvalue weighted by molar-refractivity contribution is 5.77. The zero-order chi connectivity index (χ0) is 13.1. The van der Waals surface area contributed by atoms with Crippen molar-refractivity contribution in [2.24, 2.45) is 0 Å². The highest BCUT2D eigenvalue weighted by Crippen LogP contribution is 2.23. The van der Waals surface area contributed by atoms with Gasteiger partial charge in [-0.05, 0) is 12.5 Å². The third kappa shape index (κ3) is 2.88. The van der Waals surface area contributed by atoms with E-state index in [0.717, 1.165) is 0 Å². The summed E-state index contributed by atoms with van der Waals surface area (Å²) in [5, 5.41) is 16.6. The van der Waals surface area contributed by atoms with Gasteiger partial charge in [0.25, 0.3) is 5.69 Å². The van der Waals surface area contributed by atoms with Crippen LogP contribution in [0.2, 0.25) is 0 Å². The van der Waals surface area contributed by atoms with E-state index in [2.05, 4.69) is 10.6 Å². The second-order valence-corrected chi connectivity index (χ2v) is 4.25. The molecule has 0 bridgehead atoms. The predicted molar refractivity (Wildman–Crippen MR) is 67.2 cm³/mol. The minimum atomic E-state index is -0.482. The van der Waals surface area contributed by atoms with E-state index < -0.39 is 4.92 Å². The van der Waals surface area contributed by atoms with Crippen LogP contribution in [-0.4, -0.2) is 23.4 Å². The van der Waals surface area contributed by atoms with Gasteiger partial charge in [0.05, 0.1) is 4.92 Å². The van der Waals surface area contributed by atoms with Crippen LogP contribution in [0.1, 0.15) is 12.8 Å². The Morgan fingerprint density at radius 2 is 2.22 bits per heavy atom. The number of hydrogen-bond acceptors (Lipinski definition) is 5. The van der Waals surface area contributed by atoms with Gasteiger partial charge in [0.2, 0.25) is 5.91 Å². The van der Waals surface area contributed by atoms with Crippen LogP contribution in [0, 0.1) is 10.1 Å². The fraction of sp³-hybridized carbons (Fsp3) is 0.364. The molecule has 7 heteroatoms. The summed E-state index contributed by atoms with van der Waals surface area (Å²) in [6.07, 6.45) is 1.16. The van der Waals surface area contributed by atoms with Crippen molar-refractivity contribution in [3.05, 3.63) is 28.3 Å². The van der Waals surface area contributed by atoms with E-state index in [9.17, 15) is 14.9 Å². The lowest BCUT2D eigenvalue weighted by Gasteiger charge is -2.24. The van der Waals surface area contributed by atoms with Gasteiger partial charge in [0.15, 0.2) is 0 Å². The summed E-state index contributed by atoms with van der Waals surface area (Å²) >= 11 is 0. The van der Waals surface area contributed by atoms with Gasteiger partial charge < -0.3 is 16.4 Å². The Kier molecular flexibility index (Phi) is 3.31. The lowest BCUT2D eigenvalue weighted by molar-refractivity contribution is -0.384. The van der Waals surface area contributed by atoms with E-state index >= 15 is 0 Å². The van der Waals surface area contributed by atoms with Crippen LogP contribution in [0.5, 0.6) is 0 Å². The molecule has 0 spiro atoms. The van der Waals surface area contributed by atoms with Crippen molar-refractivity contribution in [3.8, 4) is 0 Å². The van der Waals surface area contributed by atoms with E-state index in [4.69, 9.17) is 5.73 Å². The van der Waals surface area contributed by atoms with Gasteiger partial charge in [-0.1, -0.05) is 0 Å². The number of rotatable bonds is 3. The molecule has 7 nitrogen and oxygen atoms in total. The Balaban J connectivity index is 2.09. The first-order chi connectivity index (χ1) is 8.54. The average molecular weight is 250 g/mol. The fourth-order valence-electron chi connectivity index (χ4n) is 1.92. The van der Waals surface area contributed by atoms with Gasteiger partial charge >= 0.3 is 0 Å². The molecule has 1 aromatic rings. The molecular weight excluding hydrogens is 236 g/mol. The van der Waals surface area contributed by atoms with Crippen LogP contribution >= 0.6 is 0 Å². The standard InChI is InChI=1S/C11H14N4O3/c12-7-3-9(5-10(4-7)15(17)18)14-8-1-2-11(16)13-6-8/h3-5,8,14H,1-2,6,12H2,(H,13,16). The maximum absolute atomic E-state index is 11.0. The molecule has 1 fully saturated rings. The summed E-state index contributed by atoms with van der Waals surface area (Å²) in [4.78, 5) is 21.2. The lowest BCUT2D eigenvalue weighted by Crippen LogP contribution is -2.41. The number of anilines is 2. The Morgan fingerprint density at radius 3 is 2.83 bits per heavy atom. The number of non-ortho nitro benzene ring substituents is 1. The first kappa shape index (κ1) is 12.2. The molecule has 1 amide bonds. The highest BCUT2D eigenvalue weighted by atomic mass is 16.6. The molecule has 0 saturated carbocycles. The van der Waals surface area contributed by atoms with Crippen molar-refractivity contribution < 1.29 is 9.72 Å². The molecule has 1 aliphatic heterocycles. The van der Waals surface area contributed by atoms with E-state index in [-0.39, 0.29) is 17.6 Å². The number of nitro benzene ring substituents is 1. The van der Waals surface area contributed by atoms with Crippen LogP contribution in [0.3, 0.4) is 0 Å². The third-order valence-electron chi connectivity index (χ3n) is 2.79. The van der Waals surface area contributed by atoms with Gasteiger partial charge in [-0.15, -0.1) is 0 Å². The van der Waals surface area contributed by atoms with E-state index in [1.165, 1.54) is 12.1 Å². The number of hydrogen-bond donors (Lipinski definition) is 3. The van der Waals surface area contributed by atoms with Crippen molar-refractivity contribution in [2.45, 2.75) is 18.9 Å². The molecular formula is C11H14N4O3. The Bertz CT molecular complexity index is 479. The SMILES string of the molecule is Nc1cc(NC2CCC(=O)NC2)cc([N+](=O)[O-])c1. The van der Waals surface area contributed by atoms with Crippen molar-refractivity contribution in [3.63, 3.8) is 0 Å². The Morgan fingerprint density at radius 1 is 1.44 bits per heavy atom. The van der Waals surface area contributed by atoms with Crippen molar-refractivity contribution in [1.29, 1.82) is 0 Å². The summed E-state index contributed by atoms with van der Waals surface area (Å²) < 4.78 is 0. The number of piperidine rings is 1. The van der Waals surface area contributed by atoms with Crippen LogP contribution in [-0.2, 0) is 4.79 Å². The van der Waals surface area contributed by atoms with Crippen LogP contribution in [0.15, 0.2) is 18.2 Å². The zero-order valence-electron chi connectivity index (χ0n) is 9.68. The number of nitrogens with two attached hydrogens (primary N) is 1. The summed E-state index contributed by atoms with van der Waals surface area (Å²) in [6, 6.07) is 4.47. The lowest BCUT2D eigenvalue weighted by atomic mass is 10.1. The first-order valence-electron chi connectivity index (χ1n) is 5.63. The minimum absolute atomic E-state index is 0.0339. The third-order valence-corrected chi connectivity index (χ3v) is 2.79. The second kappa shape index (κ2) is 4.91. The molecule has 96 valence electrons. The molecule has 1 aromatic carbocycles. The van der Waals surface area contributed by atoms with Crippen LogP contribution in [0.4, 0.5) is 17.1 Å². The van der Waals surface area contributed by atoms with Gasteiger partial charge in [-0.3, -0.25) is 14.9 Å². The predicted octanol–water partition coefficient (Wildman–Crippen LogP) is 0.867. The topological polar surface area (TPSA) is 110 Å². The van der Waals surface area contributed by atoms with E-state index in [1.54, 1.807) is 6.07 Å². The smallest absolute Gasteiger partial charge is 0.273 e. The molecule has 1 aliphatic rings. The summed E-state index contributed by atoms with van der Waals surface area (Å²) in [5.41, 5.74) is 6.51. The van der Waals surface area contributed by atoms with Crippen molar-refractivity contribution in [1.82, 2.24) is 5.32 Å². The molecule has 18 heavy (non-hydrogen) atoms. The number of nitrogens with one attached hydrogen (secondary N) is 2. The van der Waals surface area contributed by atoms with Crippen LogP contribution in [0.25, 0.3) is 0 Å². The fourth-order valence-corrected chi connectivity index (χ4v) is 1.92. The maximum Gasteiger partial charge on any atom is 0.273 e. The zero-order valence-corrected chi connectivity index (χ0v) is 9.68. The number of carbonyl (C=O) groups is 1. The largest absolute Gasteiger partial charge is 0.398 e. The van der Waals surface area contributed by atoms with Gasteiger partial charge in [-0.2, -0.15) is 0 Å². The Labute approximate surface area is 104 Å².